The highest BCUT2D eigenvalue weighted by molar-refractivity contribution is 6.90. The number of rotatable bonds is 9. The summed E-state index contributed by atoms with van der Waals surface area (Å²) in [4.78, 5) is 2.67. The Morgan fingerprint density at radius 2 is 1.37 bits per heavy atom. The highest BCUT2D eigenvalue weighted by Crippen LogP contribution is 2.35. The fourth-order valence-electron chi connectivity index (χ4n) is 5.31. The number of aliphatic hydroxyl groups is 1. The average molecular weight is 486 g/mol. The SMILES string of the molecule is C[Si](C)(CN1CCCCC1)c1ccc(/C(=C(/CCCO)c2ccccc2)c2ccc(O)cc2)cc1. The van der Waals surface area contributed by atoms with E-state index in [1.807, 2.05) is 18.2 Å². The van der Waals surface area contributed by atoms with Crippen LogP contribution in [-0.4, -0.2) is 49.1 Å². The molecule has 0 aromatic heterocycles. The van der Waals surface area contributed by atoms with Gasteiger partial charge in [-0.05, 0) is 84.9 Å². The Bertz CT molecular complexity index is 1100. The quantitative estimate of drug-likeness (QED) is 0.286. The summed E-state index contributed by atoms with van der Waals surface area (Å²) in [7, 11) is -1.58. The molecule has 1 fully saturated rings. The number of benzene rings is 3. The van der Waals surface area contributed by atoms with Crippen molar-refractivity contribution in [3.05, 3.63) is 95.6 Å². The summed E-state index contributed by atoms with van der Waals surface area (Å²) in [6.07, 6.45) is 6.76. The zero-order chi connectivity index (χ0) is 24.7. The second kappa shape index (κ2) is 11.8. The fraction of sp³-hybridized carbons (Fsp3) is 0.355. The number of hydrogen-bond acceptors (Lipinski definition) is 3. The van der Waals surface area contributed by atoms with Gasteiger partial charge in [0.25, 0.3) is 0 Å². The first-order valence-electron chi connectivity index (χ1n) is 13.0. The molecule has 2 N–H and O–H groups in total. The largest absolute Gasteiger partial charge is 0.508 e. The van der Waals surface area contributed by atoms with Crippen LogP contribution >= 0.6 is 0 Å². The van der Waals surface area contributed by atoms with Gasteiger partial charge in [-0.25, -0.2) is 0 Å². The molecule has 0 aliphatic carbocycles. The molecule has 184 valence electrons. The van der Waals surface area contributed by atoms with Gasteiger partial charge in [-0.3, -0.25) is 0 Å². The van der Waals surface area contributed by atoms with Crippen LogP contribution in [0.2, 0.25) is 13.1 Å². The van der Waals surface area contributed by atoms with E-state index in [9.17, 15) is 10.2 Å². The molecule has 0 bridgehead atoms. The lowest BCUT2D eigenvalue weighted by Gasteiger charge is -2.34. The van der Waals surface area contributed by atoms with Gasteiger partial charge in [-0.15, -0.1) is 0 Å². The monoisotopic (exact) mass is 485 g/mol. The standard InChI is InChI=1S/C31H39NO2Si/c1-35(2,24-32-21-7-4-8-22-32)29-19-15-27(16-20-29)31(26-13-17-28(34)18-14-26)30(12-9-23-33)25-10-5-3-6-11-25/h3,5-6,10-11,13-20,33-34H,4,7-9,12,21-24H2,1-2H3/b31-30-. The molecule has 0 atom stereocenters. The molecular weight excluding hydrogens is 446 g/mol. The van der Waals surface area contributed by atoms with Crippen LogP contribution < -0.4 is 5.19 Å². The van der Waals surface area contributed by atoms with E-state index in [-0.39, 0.29) is 12.4 Å². The number of phenolic OH excluding ortho intramolecular Hbond substituents is 1. The number of nitrogens with zero attached hydrogens (tertiary/aromatic N) is 1. The predicted octanol–water partition coefficient (Wildman–Crippen LogP) is 6.06. The minimum atomic E-state index is -1.58. The maximum atomic E-state index is 9.92. The van der Waals surface area contributed by atoms with Crippen LogP contribution in [0, 0.1) is 0 Å². The fourth-order valence-corrected chi connectivity index (χ4v) is 7.99. The minimum Gasteiger partial charge on any atom is -0.508 e. The minimum absolute atomic E-state index is 0.161. The number of likely N-dealkylation sites (tertiary alicyclic amines) is 1. The zero-order valence-electron chi connectivity index (χ0n) is 21.2. The summed E-state index contributed by atoms with van der Waals surface area (Å²) in [5.41, 5.74) is 5.83. The van der Waals surface area contributed by atoms with Gasteiger partial charge >= 0.3 is 0 Å². The van der Waals surface area contributed by atoms with Crippen molar-refractivity contribution >= 4 is 24.4 Å². The molecule has 3 nitrogen and oxygen atoms in total. The van der Waals surface area contributed by atoms with Crippen molar-refractivity contribution in [3.8, 4) is 5.75 Å². The van der Waals surface area contributed by atoms with E-state index in [0.717, 1.165) is 12.0 Å². The lowest BCUT2D eigenvalue weighted by atomic mass is 9.87. The lowest BCUT2D eigenvalue weighted by Crippen LogP contribution is -2.52. The molecule has 1 heterocycles. The smallest absolute Gasteiger partial charge is 0.115 e. The van der Waals surface area contributed by atoms with Crippen LogP contribution in [0.5, 0.6) is 5.75 Å². The van der Waals surface area contributed by atoms with Crippen molar-refractivity contribution < 1.29 is 10.2 Å². The molecule has 1 saturated heterocycles. The van der Waals surface area contributed by atoms with E-state index in [1.165, 1.54) is 66.0 Å². The number of allylic oxidation sites excluding steroid dienone is 1. The number of piperidine rings is 1. The molecule has 3 aromatic rings. The van der Waals surface area contributed by atoms with Crippen molar-refractivity contribution in [1.29, 1.82) is 0 Å². The first-order chi connectivity index (χ1) is 17.0. The van der Waals surface area contributed by atoms with E-state index < -0.39 is 8.07 Å². The summed E-state index contributed by atoms with van der Waals surface area (Å²) < 4.78 is 0. The summed E-state index contributed by atoms with van der Waals surface area (Å²) in [5, 5.41) is 21.0. The van der Waals surface area contributed by atoms with Crippen molar-refractivity contribution in [1.82, 2.24) is 4.90 Å². The van der Waals surface area contributed by atoms with Crippen LogP contribution in [0.4, 0.5) is 0 Å². The summed E-state index contributed by atoms with van der Waals surface area (Å²) in [6.45, 7) is 7.63. The highest BCUT2D eigenvalue weighted by Gasteiger charge is 2.27. The number of aliphatic hydroxyl groups excluding tert-OH is 1. The van der Waals surface area contributed by atoms with Gasteiger partial charge in [0.05, 0.1) is 8.07 Å². The van der Waals surface area contributed by atoms with Crippen molar-refractivity contribution in [2.24, 2.45) is 0 Å². The van der Waals surface area contributed by atoms with Gasteiger partial charge in [0.2, 0.25) is 0 Å². The second-order valence-electron chi connectivity index (χ2n) is 10.4. The van der Waals surface area contributed by atoms with Gasteiger partial charge < -0.3 is 15.1 Å². The van der Waals surface area contributed by atoms with E-state index in [4.69, 9.17) is 0 Å². The Morgan fingerprint density at radius 3 is 1.97 bits per heavy atom. The number of hydrogen-bond donors (Lipinski definition) is 2. The molecule has 0 unspecified atom stereocenters. The van der Waals surface area contributed by atoms with Crippen LogP contribution in [0.1, 0.15) is 48.8 Å². The van der Waals surface area contributed by atoms with Gasteiger partial charge in [-0.1, -0.05) is 91.4 Å². The van der Waals surface area contributed by atoms with Crippen molar-refractivity contribution in [2.75, 3.05) is 25.9 Å². The molecule has 0 amide bonds. The normalized spacial score (nSPS) is 15.6. The Hall–Kier alpha value is -2.66. The third kappa shape index (κ3) is 6.52. The highest BCUT2D eigenvalue weighted by atomic mass is 28.3. The van der Waals surface area contributed by atoms with Crippen LogP contribution in [0.15, 0.2) is 78.9 Å². The van der Waals surface area contributed by atoms with Crippen LogP contribution in [-0.2, 0) is 0 Å². The van der Waals surface area contributed by atoms with Crippen LogP contribution in [0.3, 0.4) is 0 Å². The van der Waals surface area contributed by atoms with Crippen LogP contribution in [0.25, 0.3) is 11.1 Å². The van der Waals surface area contributed by atoms with E-state index in [2.05, 4.69) is 66.5 Å². The van der Waals surface area contributed by atoms with Gasteiger partial charge in [0.15, 0.2) is 0 Å². The van der Waals surface area contributed by atoms with Gasteiger partial charge in [0.1, 0.15) is 5.75 Å². The van der Waals surface area contributed by atoms with Gasteiger partial charge in [0, 0.05) is 6.61 Å². The molecule has 4 rings (SSSR count). The topological polar surface area (TPSA) is 43.7 Å². The Kier molecular flexibility index (Phi) is 8.61. The van der Waals surface area contributed by atoms with E-state index in [0.29, 0.717) is 6.42 Å². The third-order valence-corrected chi connectivity index (χ3v) is 10.3. The Morgan fingerprint density at radius 1 is 0.771 bits per heavy atom. The Balaban J connectivity index is 1.74. The summed E-state index contributed by atoms with van der Waals surface area (Å²) >= 11 is 0. The van der Waals surface area contributed by atoms with E-state index in [1.54, 1.807) is 12.1 Å². The summed E-state index contributed by atoms with van der Waals surface area (Å²) in [5.74, 6) is 0.269. The van der Waals surface area contributed by atoms with Crippen molar-refractivity contribution in [2.45, 2.75) is 45.2 Å². The molecule has 0 spiro atoms. The zero-order valence-corrected chi connectivity index (χ0v) is 22.2. The lowest BCUT2D eigenvalue weighted by molar-refractivity contribution is 0.260. The molecule has 4 heteroatoms. The molecule has 0 radical (unpaired) electrons. The first-order valence-corrected chi connectivity index (χ1v) is 16.2. The number of phenols is 1. The molecule has 1 aliphatic rings. The number of aromatic hydroxyl groups is 1. The van der Waals surface area contributed by atoms with Crippen molar-refractivity contribution in [3.63, 3.8) is 0 Å². The summed E-state index contributed by atoms with van der Waals surface area (Å²) in [6, 6.07) is 27.2. The molecular formula is C31H39NO2Si. The molecule has 1 aliphatic heterocycles. The van der Waals surface area contributed by atoms with E-state index >= 15 is 0 Å². The Labute approximate surface area is 211 Å². The van der Waals surface area contributed by atoms with Gasteiger partial charge in [-0.2, -0.15) is 0 Å². The second-order valence-corrected chi connectivity index (χ2v) is 15.1. The molecule has 3 aromatic carbocycles. The maximum Gasteiger partial charge on any atom is 0.115 e. The predicted molar refractivity (Wildman–Crippen MR) is 151 cm³/mol. The maximum absolute atomic E-state index is 9.92. The third-order valence-electron chi connectivity index (χ3n) is 7.19. The molecule has 0 saturated carbocycles. The average Bonchev–Trinajstić information content (AvgIpc) is 2.88. The first kappa shape index (κ1) is 25.4. The molecule has 35 heavy (non-hydrogen) atoms.